The predicted molar refractivity (Wildman–Crippen MR) is 82.0 cm³/mol. The standard InChI is InChI=1S/C16H25N3O/c1-3-12(2)18-16(20)15-11-14(9-10-17-15)19-13-7-5-4-6-8-13/h9-13H,3-8H2,1-2H3,(H,17,19)(H,18,20). The van der Waals surface area contributed by atoms with Gasteiger partial charge >= 0.3 is 0 Å². The number of rotatable bonds is 5. The number of amides is 1. The van der Waals surface area contributed by atoms with Crippen LogP contribution < -0.4 is 10.6 Å². The Morgan fingerprint density at radius 1 is 1.40 bits per heavy atom. The molecule has 1 aromatic rings. The summed E-state index contributed by atoms with van der Waals surface area (Å²) in [7, 11) is 0. The first-order valence-corrected chi connectivity index (χ1v) is 7.72. The molecule has 1 unspecified atom stereocenters. The van der Waals surface area contributed by atoms with Crippen molar-refractivity contribution < 1.29 is 4.79 Å². The van der Waals surface area contributed by atoms with Gasteiger partial charge in [0.15, 0.2) is 0 Å². The summed E-state index contributed by atoms with van der Waals surface area (Å²) in [6.07, 6.45) is 9.00. The van der Waals surface area contributed by atoms with Crippen molar-refractivity contribution in [1.82, 2.24) is 10.3 Å². The number of hydrogen-bond donors (Lipinski definition) is 2. The highest BCUT2D eigenvalue weighted by Gasteiger charge is 2.14. The van der Waals surface area contributed by atoms with Crippen LogP contribution in [-0.2, 0) is 0 Å². The molecule has 2 rings (SSSR count). The molecule has 1 saturated carbocycles. The molecule has 0 spiro atoms. The van der Waals surface area contributed by atoms with Crippen molar-refractivity contribution in [3.8, 4) is 0 Å². The van der Waals surface area contributed by atoms with Crippen LogP contribution in [0.25, 0.3) is 0 Å². The maximum Gasteiger partial charge on any atom is 0.270 e. The van der Waals surface area contributed by atoms with Crippen LogP contribution in [0, 0.1) is 0 Å². The van der Waals surface area contributed by atoms with Crippen LogP contribution in [0.4, 0.5) is 5.69 Å². The highest BCUT2D eigenvalue weighted by atomic mass is 16.1. The second-order valence-corrected chi connectivity index (χ2v) is 5.69. The lowest BCUT2D eigenvalue weighted by atomic mass is 9.95. The molecule has 0 bridgehead atoms. The summed E-state index contributed by atoms with van der Waals surface area (Å²) in [5.41, 5.74) is 1.49. The molecule has 1 heterocycles. The molecule has 4 heteroatoms. The Hall–Kier alpha value is -1.58. The quantitative estimate of drug-likeness (QED) is 0.866. The van der Waals surface area contributed by atoms with E-state index in [-0.39, 0.29) is 11.9 Å². The fraction of sp³-hybridized carbons (Fsp3) is 0.625. The molecule has 0 radical (unpaired) electrons. The smallest absolute Gasteiger partial charge is 0.270 e. The summed E-state index contributed by atoms with van der Waals surface area (Å²) in [4.78, 5) is 16.2. The van der Waals surface area contributed by atoms with Crippen LogP contribution in [-0.4, -0.2) is 23.0 Å². The normalized spacial score (nSPS) is 17.5. The molecular formula is C16H25N3O. The molecule has 4 nitrogen and oxygen atoms in total. The number of aromatic nitrogens is 1. The molecule has 0 aliphatic heterocycles. The third-order valence-corrected chi connectivity index (χ3v) is 3.96. The lowest BCUT2D eigenvalue weighted by molar-refractivity contribution is 0.0934. The summed E-state index contributed by atoms with van der Waals surface area (Å²) < 4.78 is 0. The van der Waals surface area contributed by atoms with Gasteiger partial charge in [-0.1, -0.05) is 26.2 Å². The summed E-state index contributed by atoms with van der Waals surface area (Å²) in [6.45, 7) is 4.06. The van der Waals surface area contributed by atoms with Crippen LogP contribution in [0.2, 0.25) is 0 Å². The van der Waals surface area contributed by atoms with E-state index in [2.05, 4.69) is 22.5 Å². The third kappa shape index (κ3) is 4.22. The fourth-order valence-corrected chi connectivity index (χ4v) is 2.53. The molecule has 1 aliphatic carbocycles. The van der Waals surface area contributed by atoms with Crippen molar-refractivity contribution in [3.05, 3.63) is 24.0 Å². The third-order valence-electron chi connectivity index (χ3n) is 3.96. The molecular weight excluding hydrogens is 250 g/mol. The first kappa shape index (κ1) is 14.8. The van der Waals surface area contributed by atoms with Crippen LogP contribution in [0.15, 0.2) is 18.3 Å². The Kier molecular flexibility index (Phi) is 5.39. The molecule has 0 saturated heterocycles. The lowest BCUT2D eigenvalue weighted by Crippen LogP contribution is -2.32. The highest BCUT2D eigenvalue weighted by Crippen LogP contribution is 2.21. The van der Waals surface area contributed by atoms with Crippen molar-refractivity contribution >= 4 is 11.6 Å². The van der Waals surface area contributed by atoms with Gasteiger partial charge in [-0.25, -0.2) is 0 Å². The Morgan fingerprint density at radius 2 is 2.15 bits per heavy atom. The maximum absolute atomic E-state index is 12.1. The number of carbonyl (C=O) groups excluding carboxylic acids is 1. The maximum atomic E-state index is 12.1. The van der Waals surface area contributed by atoms with Gasteiger partial charge in [-0.15, -0.1) is 0 Å². The molecule has 1 amide bonds. The van der Waals surface area contributed by atoms with E-state index in [1.54, 1.807) is 6.20 Å². The van der Waals surface area contributed by atoms with Gasteiger partial charge in [0, 0.05) is 24.0 Å². The second-order valence-electron chi connectivity index (χ2n) is 5.69. The zero-order valence-electron chi connectivity index (χ0n) is 12.5. The molecule has 110 valence electrons. The minimum Gasteiger partial charge on any atom is -0.382 e. The van der Waals surface area contributed by atoms with Gasteiger partial charge < -0.3 is 10.6 Å². The van der Waals surface area contributed by atoms with Gasteiger partial charge in [0.05, 0.1) is 0 Å². The van der Waals surface area contributed by atoms with Crippen LogP contribution in [0.1, 0.15) is 62.9 Å². The van der Waals surface area contributed by atoms with E-state index in [0.717, 1.165) is 12.1 Å². The molecule has 1 aliphatic rings. The summed E-state index contributed by atoms with van der Waals surface area (Å²) in [5, 5.41) is 6.47. The minimum atomic E-state index is -0.0911. The van der Waals surface area contributed by atoms with E-state index in [1.807, 2.05) is 19.1 Å². The van der Waals surface area contributed by atoms with E-state index < -0.39 is 0 Å². The van der Waals surface area contributed by atoms with E-state index >= 15 is 0 Å². The van der Waals surface area contributed by atoms with Gasteiger partial charge in [0.1, 0.15) is 5.69 Å². The zero-order valence-corrected chi connectivity index (χ0v) is 12.5. The number of hydrogen-bond acceptors (Lipinski definition) is 3. The van der Waals surface area contributed by atoms with E-state index in [9.17, 15) is 4.79 Å². The van der Waals surface area contributed by atoms with Crippen LogP contribution in [0.5, 0.6) is 0 Å². The van der Waals surface area contributed by atoms with Gasteiger partial charge in [0.25, 0.3) is 5.91 Å². The minimum absolute atomic E-state index is 0.0911. The Labute approximate surface area is 121 Å². The summed E-state index contributed by atoms with van der Waals surface area (Å²) in [5.74, 6) is -0.0911. The summed E-state index contributed by atoms with van der Waals surface area (Å²) in [6, 6.07) is 4.51. The second kappa shape index (κ2) is 7.27. The fourth-order valence-electron chi connectivity index (χ4n) is 2.53. The average Bonchev–Trinajstić information content (AvgIpc) is 2.48. The van der Waals surface area contributed by atoms with Crippen LogP contribution >= 0.6 is 0 Å². The first-order chi connectivity index (χ1) is 9.69. The van der Waals surface area contributed by atoms with Crippen molar-refractivity contribution in [2.24, 2.45) is 0 Å². The molecule has 20 heavy (non-hydrogen) atoms. The monoisotopic (exact) mass is 275 g/mol. The Balaban J connectivity index is 1.97. The first-order valence-electron chi connectivity index (χ1n) is 7.72. The van der Waals surface area contributed by atoms with Gasteiger partial charge in [-0.05, 0) is 38.3 Å². The molecule has 1 atom stereocenters. The van der Waals surface area contributed by atoms with Gasteiger partial charge in [-0.3, -0.25) is 9.78 Å². The average molecular weight is 275 g/mol. The molecule has 2 N–H and O–H groups in total. The van der Waals surface area contributed by atoms with Crippen LogP contribution in [0.3, 0.4) is 0 Å². The van der Waals surface area contributed by atoms with E-state index in [1.165, 1.54) is 32.1 Å². The molecule has 0 aromatic carbocycles. The number of anilines is 1. The topological polar surface area (TPSA) is 54.0 Å². The number of nitrogens with zero attached hydrogens (tertiary/aromatic N) is 1. The van der Waals surface area contributed by atoms with Crippen molar-refractivity contribution in [2.75, 3.05) is 5.32 Å². The summed E-state index contributed by atoms with van der Waals surface area (Å²) >= 11 is 0. The highest BCUT2D eigenvalue weighted by molar-refractivity contribution is 5.93. The predicted octanol–water partition coefficient (Wildman–Crippen LogP) is 3.35. The van der Waals surface area contributed by atoms with Crippen molar-refractivity contribution in [1.29, 1.82) is 0 Å². The van der Waals surface area contributed by atoms with E-state index in [0.29, 0.717) is 11.7 Å². The number of nitrogens with one attached hydrogen (secondary N) is 2. The number of pyridine rings is 1. The SMILES string of the molecule is CCC(C)NC(=O)c1cc(NC2CCCCC2)ccn1. The Bertz CT molecular complexity index is 441. The van der Waals surface area contributed by atoms with Crippen molar-refractivity contribution in [3.63, 3.8) is 0 Å². The van der Waals surface area contributed by atoms with Gasteiger partial charge in [0.2, 0.25) is 0 Å². The number of carbonyl (C=O) groups is 1. The van der Waals surface area contributed by atoms with E-state index in [4.69, 9.17) is 0 Å². The largest absolute Gasteiger partial charge is 0.382 e. The zero-order chi connectivity index (χ0) is 14.4. The molecule has 1 fully saturated rings. The molecule has 1 aromatic heterocycles. The Morgan fingerprint density at radius 3 is 2.85 bits per heavy atom. The lowest BCUT2D eigenvalue weighted by Gasteiger charge is -2.24. The van der Waals surface area contributed by atoms with Crippen molar-refractivity contribution in [2.45, 2.75) is 64.5 Å². The van der Waals surface area contributed by atoms with Gasteiger partial charge in [-0.2, -0.15) is 0 Å².